The van der Waals surface area contributed by atoms with Crippen LogP contribution in [0.15, 0.2) is 18.2 Å². The maximum absolute atomic E-state index is 11.8. The Morgan fingerprint density at radius 1 is 1.29 bits per heavy atom. The second-order valence-electron chi connectivity index (χ2n) is 5.32. The van der Waals surface area contributed by atoms with Gasteiger partial charge in [-0.05, 0) is 36.1 Å². The minimum Gasteiger partial charge on any atom is -0.338 e. The summed E-state index contributed by atoms with van der Waals surface area (Å²) < 4.78 is 26.2. The van der Waals surface area contributed by atoms with Gasteiger partial charge in [-0.2, -0.15) is 0 Å². The Labute approximate surface area is 126 Å². The average Bonchev–Trinajstić information content (AvgIpc) is 2.45. The second kappa shape index (κ2) is 6.47. The molecule has 1 heterocycles. The number of benzene rings is 1. The number of nitrogens with one attached hydrogen (secondary N) is 1. The largest absolute Gasteiger partial charge is 0.338 e. The van der Waals surface area contributed by atoms with Gasteiger partial charge >= 0.3 is 0 Å². The molecule has 1 aromatic rings. The van der Waals surface area contributed by atoms with Gasteiger partial charge in [0.05, 0.1) is 5.75 Å². The molecule has 116 valence electrons. The number of carbonyl (C=O) groups excluding carboxylic acids is 1. The van der Waals surface area contributed by atoms with Gasteiger partial charge in [-0.15, -0.1) is 0 Å². The van der Waals surface area contributed by atoms with Crippen molar-refractivity contribution < 1.29 is 13.2 Å². The van der Waals surface area contributed by atoms with Crippen LogP contribution >= 0.6 is 0 Å². The van der Waals surface area contributed by atoms with Crippen LogP contribution in [0.3, 0.4) is 0 Å². The van der Waals surface area contributed by atoms with Crippen LogP contribution in [-0.2, 0) is 27.8 Å². The topological polar surface area (TPSA) is 66.5 Å². The number of carbonyl (C=O) groups is 1. The van der Waals surface area contributed by atoms with Gasteiger partial charge in [-0.3, -0.25) is 9.52 Å². The zero-order valence-corrected chi connectivity index (χ0v) is 13.4. The van der Waals surface area contributed by atoms with Crippen LogP contribution in [0.1, 0.15) is 37.8 Å². The van der Waals surface area contributed by atoms with Crippen molar-refractivity contribution in [2.75, 3.05) is 17.0 Å². The predicted molar refractivity (Wildman–Crippen MR) is 83.6 cm³/mol. The van der Waals surface area contributed by atoms with E-state index in [1.807, 2.05) is 30.9 Å². The molecule has 0 fully saturated rings. The predicted octanol–water partition coefficient (Wildman–Crippen LogP) is 2.13. The van der Waals surface area contributed by atoms with Crippen molar-refractivity contribution in [3.8, 4) is 0 Å². The lowest BCUT2D eigenvalue weighted by Crippen LogP contribution is -2.35. The smallest absolute Gasteiger partial charge is 0.232 e. The molecule has 21 heavy (non-hydrogen) atoms. The molecule has 0 saturated carbocycles. The first-order valence-electron chi connectivity index (χ1n) is 7.35. The SMILES string of the molecule is CCCS(=O)(=O)Nc1ccc2c(c1)CN(C(=O)CC)CC2. The maximum Gasteiger partial charge on any atom is 0.232 e. The first-order chi connectivity index (χ1) is 9.95. The fourth-order valence-corrected chi connectivity index (χ4v) is 3.68. The van der Waals surface area contributed by atoms with E-state index in [1.54, 1.807) is 6.07 Å². The number of sulfonamides is 1. The van der Waals surface area contributed by atoms with E-state index in [-0.39, 0.29) is 11.7 Å². The van der Waals surface area contributed by atoms with Crippen molar-refractivity contribution >= 4 is 21.6 Å². The number of nitrogens with zero attached hydrogens (tertiary/aromatic N) is 1. The maximum atomic E-state index is 11.8. The molecule has 0 radical (unpaired) electrons. The number of hydrogen-bond acceptors (Lipinski definition) is 3. The van der Waals surface area contributed by atoms with Gasteiger partial charge < -0.3 is 4.90 Å². The highest BCUT2D eigenvalue weighted by molar-refractivity contribution is 7.92. The van der Waals surface area contributed by atoms with Gasteiger partial charge in [0.15, 0.2) is 0 Å². The van der Waals surface area contributed by atoms with Gasteiger partial charge in [-0.25, -0.2) is 8.42 Å². The zero-order chi connectivity index (χ0) is 15.5. The first-order valence-corrected chi connectivity index (χ1v) is 9.00. The molecule has 1 aromatic carbocycles. The van der Waals surface area contributed by atoms with Crippen molar-refractivity contribution in [1.82, 2.24) is 4.90 Å². The van der Waals surface area contributed by atoms with Crippen LogP contribution in [0.2, 0.25) is 0 Å². The molecule has 0 bridgehead atoms. The highest BCUT2D eigenvalue weighted by Gasteiger charge is 2.20. The number of amides is 1. The molecule has 0 unspecified atom stereocenters. The summed E-state index contributed by atoms with van der Waals surface area (Å²) in [5.74, 6) is 0.252. The average molecular weight is 310 g/mol. The third-order valence-electron chi connectivity index (χ3n) is 3.62. The molecule has 5 nitrogen and oxygen atoms in total. The van der Waals surface area contributed by atoms with Crippen molar-refractivity contribution in [2.24, 2.45) is 0 Å². The minimum atomic E-state index is -3.28. The van der Waals surface area contributed by atoms with Crippen LogP contribution < -0.4 is 4.72 Å². The van der Waals surface area contributed by atoms with Crippen molar-refractivity contribution in [3.63, 3.8) is 0 Å². The Morgan fingerprint density at radius 2 is 2.05 bits per heavy atom. The van der Waals surface area contributed by atoms with Crippen LogP contribution in [0.4, 0.5) is 5.69 Å². The highest BCUT2D eigenvalue weighted by Crippen LogP contribution is 2.23. The molecule has 1 aliphatic rings. The van der Waals surface area contributed by atoms with Crippen LogP contribution in [0.5, 0.6) is 0 Å². The summed E-state index contributed by atoms with van der Waals surface area (Å²) in [5.41, 5.74) is 2.79. The molecule has 0 saturated heterocycles. The van der Waals surface area contributed by atoms with Crippen LogP contribution in [0, 0.1) is 0 Å². The lowest BCUT2D eigenvalue weighted by Gasteiger charge is -2.29. The van der Waals surface area contributed by atoms with E-state index in [1.165, 1.54) is 5.56 Å². The number of hydrogen-bond donors (Lipinski definition) is 1. The van der Waals surface area contributed by atoms with E-state index in [2.05, 4.69) is 4.72 Å². The number of rotatable bonds is 5. The van der Waals surface area contributed by atoms with E-state index in [4.69, 9.17) is 0 Å². The van der Waals surface area contributed by atoms with Crippen molar-refractivity contribution in [3.05, 3.63) is 29.3 Å². The molecular weight excluding hydrogens is 288 g/mol. The van der Waals surface area contributed by atoms with Gasteiger partial charge in [0.25, 0.3) is 0 Å². The summed E-state index contributed by atoms with van der Waals surface area (Å²) in [6, 6.07) is 5.59. The second-order valence-corrected chi connectivity index (χ2v) is 7.17. The van der Waals surface area contributed by atoms with Gasteiger partial charge in [0, 0.05) is 25.2 Å². The van der Waals surface area contributed by atoms with E-state index < -0.39 is 10.0 Å². The molecule has 2 rings (SSSR count). The fourth-order valence-electron chi connectivity index (χ4n) is 2.56. The van der Waals surface area contributed by atoms with Gasteiger partial charge in [0.1, 0.15) is 0 Å². The minimum absolute atomic E-state index is 0.116. The Kier molecular flexibility index (Phi) is 4.88. The van der Waals surface area contributed by atoms with E-state index >= 15 is 0 Å². The monoisotopic (exact) mass is 310 g/mol. The lowest BCUT2D eigenvalue weighted by molar-refractivity contribution is -0.131. The highest BCUT2D eigenvalue weighted by atomic mass is 32.2. The van der Waals surface area contributed by atoms with Gasteiger partial charge in [0.2, 0.25) is 15.9 Å². The summed E-state index contributed by atoms with van der Waals surface area (Å²) >= 11 is 0. The summed E-state index contributed by atoms with van der Waals surface area (Å²) in [6.07, 6.45) is 1.90. The quantitative estimate of drug-likeness (QED) is 0.906. The molecule has 1 N–H and O–H groups in total. The summed E-state index contributed by atoms with van der Waals surface area (Å²) in [4.78, 5) is 13.6. The third kappa shape index (κ3) is 3.97. The van der Waals surface area contributed by atoms with Gasteiger partial charge in [-0.1, -0.05) is 19.9 Å². The molecular formula is C15H22N2O3S. The number of fused-ring (bicyclic) bond motifs is 1. The van der Waals surface area contributed by atoms with Crippen LogP contribution in [0.25, 0.3) is 0 Å². The standard InChI is InChI=1S/C15H22N2O3S/c1-3-9-21(19,20)16-14-6-5-12-7-8-17(15(18)4-2)11-13(12)10-14/h5-6,10,16H,3-4,7-9,11H2,1-2H3. The summed E-state index contributed by atoms with van der Waals surface area (Å²) in [6.45, 7) is 4.99. The van der Waals surface area contributed by atoms with E-state index in [0.29, 0.717) is 25.1 Å². The molecule has 1 aliphatic heterocycles. The third-order valence-corrected chi connectivity index (χ3v) is 5.11. The number of anilines is 1. The van der Waals surface area contributed by atoms with Crippen molar-refractivity contribution in [2.45, 2.75) is 39.7 Å². The molecule has 6 heteroatoms. The molecule has 1 amide bonds. The van der Waals surface area contributed by atoms with E-state index in [9.17, 15) is 13.2 Å². The zero-order valence-electron chi connectivity index (χ0n) is 12.6. The lowest BCUT2D eigenvalue weighted by atomic mass is 9.99. The Hall–Kier alpha value is -1.56. The first kappa shape index (κ1) is 15.8. The normalized spacial score (nSPS) is 14.7. The summed E-state index contributed by atoms with van der Waals surface area (Å²) in [5, 5.41) is 0. The molecule has 0 atom stereocenters. The van der Waals surface area contributed by atoms with E-state index in [0.717, 1.165) is 18.5 Å². The fraction of sp³-hybridized carbons (Fsp3) is 0.533. The van der Waals surface area contributed by atoms with Crippen LogP contribution in [-0.4, -0.2) is 31.5 Å². The Balaban J connectivity index is 2.17. The Morgan fingerprint density at radius 3 is 2.71 bits per heavy atom. The van der Waals surface area contributed by atoms with Crippen molar-refractivity contribution in [1.29, 1.82) is 0 Å². The Bertz CT molecular complexity index is 626. The molecule has 0 spiro atoms. The molecule has 0 aliphatic carbocycles. The summed E-state index contributed by atoms with van der Waals surface area (Å²) in [7, 11) is -3.28. The molecule has 0 aromatic heterocycles.